The Morgan fingerprint density at radius 3 is 2.59 bits per heavy atom. The predicted octanol–water partition coefficient (Wildman–Crippen LogP) is 3.52. The molecule has 0 aromatic heterocycles. The second kappa shape index (κ2) is 8.62. The summed E-state index contributed by atoms with van der Waals surface area (Å²) in [7, 11) is 0. The molecule has 0 saturated heterocycles. The van der Waals surface area contributed by atoms with Gasteiger partial charge >= 0.3 is 6.03 Å². The van der Waals surface area contributed by atoms with Gasteiger partial charge in [-0.05, 0) is 42.9 Å². The molecule has 0 fully saturated rings. The van der Waals surface area contributed by atoms with Gasteiger partial charge in [-0.2, -0.15) is 5.26 Å². The van der Waals surface area contributed by atoms with Crippen LogP contribution in [0.3, 0.4) is 0 Å². The lowest BCUT2D eigenvalue weighted by Crippen LogP contribution is -2.39. The largest absolute Gasteiger partial charge is 0.396 e. The van der Waals surface area contributed by atoms with Gasteiger partial charge < -0.3 is 15.7 Å². The lowest BCUT2D eigenvalue weighted by molar-refractivity contribution is 0.165. The molecule has 2 amide bonds. The van der Waals surface area contributed by atoms with Crippen LogP contribution in [0.5, 0.6) is 0 Å². The van der Waals surface area contributed by atoms with E-state index in [9.17, 15) is 9.90 Å². The van der Waals surface area contributed by atoms with E-state index in [2.05, 4.69) is 24.5 Å². The van der Waals surface area contributed by atoms with Crippen molar-refractivity contribution < 1.29 is 9.90 Å². The van der Waals surface area contributed by atoms with Gasteiger partial charge in [-0.15, -0.1) is 0 Å². The molecule has 120 valence electrons. The third-order valence-corrected chi connectivity index (χ3v) is 4.43. The van der Waals surface area contributed by atoms with Crippen molar-refractivity contribution in [1.29, 1.82) is 5.26 Å². The van der Waals surface area contributed by atoms with Crippen LogP contribution in [0, 0.1) is 16.7 Å². The van der Waals surface area contributed by atoms with Gasteiger partial charge in [0.05, 0.1) is 10.6 Å². The minimum Gasteiger partial charge on any atom is -0.396 e. The summed E-state index contributed by atoms with van der Waals surface area (Å²) in [5.74, 6) is 0. The molecule has 0 unspecified atom stereocenters. The Morgan fingerprint density at radius 2 is 2.09 bits per heavy atom. The highest BCUT2D eigenvalue weighted by Gasteiger charge is 2.26. The van der Waals surface area contributed by atoms with Gasteiger partial charge in [0.15, 0.2) is 0 Å². The fraction of sp³-hybridized carbons (Fsp3) is 0.500. The number of hydrogen-bond donors (Lipinski definition) is 3. The zero-order valence-electron chi connectivity index (χ0n) is 12.9. The zero-order valence-corrected chi connectivity index (χ0v) is 13.7. The third-order valence-electron chi connectivity index (χ3n) is 4.11. The number of halogens is 1. The molecule has 0 atom stereocenters. The van der Waals surface area contributed by atoms with Crippen LogP contribution in [0.15, 0.2) is 18.2 Å². The lowest BCUT2D eigenvalue weighted by Gasteiger charge is -2.31. The molecule has 0 saturated carbocycles. The summed E-state index contributed by atoms with van der Waals surface area (Å²) in [5, 5.41) is 23.8. The number of aliphatic hydroxyl groups is 1. The zero-order chi connectivity index (χ0) is 16.6. The Bertz CT molecular complexity index is 551. The Labute approximate surface area is 136 Å². The van der Waals surface area contributed by atoms with Crippen molar-refractivity contribution in [3.63, 3.8) is 0 Å². The van der Waals surface area contributed by atoms with Gasteiger partial charge in [-0.3, -0.25) is 0 Å². The van der Waals surface area contributed by atoms with Crippen molar-refractivity contribution in [2.24, 2.45) is 5.41 Å². The third kappa shape index (κ3) is 4.90. The van der Waals surface area contributed by atoms with E-state index < -0.39 is 0 Å². The van der Waals surface area contributed by atoms with Crippen LogP contribution in [-0.4, -0.2) is 24.3 Å². The molecule has 22 heavy (non-hydrogen) atoms. The molecule has 1 rings (SSSR count). The number of nitriles is 1. The average molecular weight is 324 g/mol. The fourth-order valence-corrected chi connectivity index (χ4v) is 2.53. The van der Waals surface area contributed by atoms with Crippen LogP contribution in [-0.2, 0) is 0 Å². The van der Waals surface area contributed by atoms with E-state index in [0.29, 0.717) is 29.2 Å². The first-order valence-corrected chi connectivity index (χ1v) is 7.73. The first-order chi connectivity index (χ1) is 10.5. The molecule has 1 aromatic rings. The molecular formula is C16H22ClN3O2. The molecule has 3 N–H and O–H groups in total. The number of nitrogens with one attached hydrogen (secondary N) is 2. The Balaban J connectivity index is 2.63. The average Bonchev–Trinajstić information content (AvgIpc) is 2.52. The second-order valence-corrected chi connectivity index (χ2v) is 5.70. The van der Waals surface area contributed by atoms with Gasteiger partial charge in [-0.25, -0.2) is 4.79 Å². The first kappa shape index (κ1) is 18.3. The smallest absolute Gasteiger partial charge is 0.319 e. The summed E-state index contributed by atoms with van der Waals surface area (Å²) < 4.78 is 0. The Kier molecular flexibility index (Phi) is 7.16. The van der Waals surface area contributed by atoms with Gasteiger partial charge in [-0.1, -0.05) is 25.4 Å². The van der Waals surface area contributed by atoms with Crippen molar-refractivity contribution in [2.75, 3.05) is 18.5 Å². The number of carbonyl (C=O) groups is 1. The molecule has 0 aliphatic heterocycles. The van der Waals surface area contributed by atoms with Crippen molar-refractivity contribution in [3.8, 4) is 6.07 Å². The molecule has 0 aliphatic rings. The maximum Gasteiger partial charge on any atom is 0.319 e. The normalized spacial score (nSPS) is 10.9. The molecule has 0 bridgehead atoms. The number of nitrogens with zero attached hydrogens (tertiary/aromatic N) is 1. The number of anilines is 1. The molecule has 0 radical (unpaired) electrons. The number of carbonyl (C=O) groups excluding carboxylic acids is 1. The van der Waals surface area contributed by atoms with Crippen LogP contribution in [0.2, 0.25) is 5.02 Å². The summed E-state index contributed by atoms with van der Waals surface area (Å²) in [4.78, 5) is 12.0. The van der Waals surface area contributed by atoms with Crippen molar-refractivity contribution >= 4 is 23.3 Å². The van der Waals surface area contributed by atoms with E-state index in [1.165, 1.54) is 0 Å². The second-order valence-electron chi connectivity index (χ2n) is 5.29. The summed E-state index contributed by atoms with van der Waals surface area (Å²) >= 11 is 5.93. The quantitative estimate of drug-likeness (QED) is 0.717. The highest BCUT2D eigenvalue weighted by molar-refractivity contribution is 6.32. The van der Waals surface area contributed by atoms with Gasteiger partial charge in [0, 0.05) is 18.8 Å². The van der Waals surface area contributed by atoms with Crippen molar-refractivity contribution in [2.45, 2.75) is 33.1 Å². The van der Waals surface area contributed by atoms with Gasteiger partial charge in [0.25, 0.3) is 0 Å². The van der Waals surface area contributed by atoms with Crippen LogP contribution in [0.4, 0.5) is 10.5 Å². The van der Waals surface area contributed by atoms with E-state index in [0.717, 1.165) is 12.8 Å². The van der Waals surface area contributed by atoms with Crippen LogP contribution in [0.25, 0.3) is 0 Å². The Morgan fingerprint density at radius 1 is 1.41 bits per heavy atom. The SMILES string of the molecule is CCC(CC)(CCO)CNC(=O)Nc1ccc(C#N)c(Cl)c1. The molecule has 1 aromatic carbocycles. The van der Waals surface area contributed by atoms with Crippen LogP contribution in [0.1, 0.15) is 38.7 Å². The highest BCUT2D eigenvalue weighted by atomic mass is 35.5. The molecule has 5 nitrogen and oxygen atoms in total. The molecule has 0 aliphatic carbocycles. The summed E-state index contributed by atoms with van der Waals surface area (Å²) in [5.41, 5.74) is 0.808. The summed E-state index contributed by atoms with van der Waals surface area (Å²) in [6.45, 7) is 4.71. The van der Waals surface area contributed by atoms with Gasteiger partial charge in [0.2, 0.25) is 0 Å². The standard InChI is InChI=1S/C16H22ClN3O2/c1-3-16(4-2,7-8-21)11-19-15(22)20-13-6-5-12(10-18)14(17)9-13/h5-6,9,21H,3-4,7-8,11H2,1-2H3,(H2,19,20,22). The number of benzene rings is 1. The van der Waals surface area contributed by atoms with E-state index in [1.807, 2.05) is 6.07 Å². The molecular weight excluding hydrogens is 302 g/mol. The molecule has 6 heteroatoms. The van der Waals surface area contributed by atoms with E-state index >= 15 is 0 Å². The number of aliphatic hydroxyl groups excluding tert-OH is 1. The van der Waals surface area contributed by atoms with Crippen molar-refractivity contribution in [3.05, 3.63) is 28.8 Å². The lowest BCUT2D eigenvalue weighted by atomic mass is 9.79. The molecule has 0 spiro atoms. The highest BCUT2D eigenvalue weighted by Crippen LogP contribution is 2.29. The maximum atomic E-state index is 12.0. The monoisotopic (exact) mass is 323 g/mol. The van der Waals surface area contributed by atoms with Crippen LogP contribution < -0.4 is 10.6 Å². The molecule has 0 heterocycles. The predicted molar refractivity (Wildman–Crippen MR) is 87.9 cm³/mol. The number of hydrogen-bond acceptors (Lipinski definition) is 3. The summed E-state index contributed by atoms with van der Waals surface area (Å²) in [6, 6.07) is 6.37. The first-order valence-electron chi connectivity index (χ1n) is 7.35. The van der Waals surface area contributed by atoms with Crippen molar-refractivity contribution in [1.82, 2.24) is 5.32 Å². The fourth-order valence-electron chi connectivity index (χ4n) is 2.31. The van der Waals surface area contributed by atoms with Gasteiger partial charge in [0.1, 0.15) is 6.07 Å². The van der Waals surface area contributed by atoms with E-state index in [-0.39, 0.29) is 18.1 Å². The van der Waals surface area contributed by atoms with E-state index in [4.69, 9.17) is 16.9 Å². The number of amides is 2. The minimum atomic E-state index is -0.329. The topological polar surface area (TPSA) is 85.2 Å². The maximum absolute atomic E-state index is 12.0. The summed E-state index contributed by atoms with van der Waals surface area (Å²) in [6.07, 6.45) is 2.42. The minimum absolute atomic E-state index is 0.0889. The van der Waals surface area contributed by atoms with E-state index in [1.54, 1.807) is 18.2 Å². The van der Waals surface area contributed by atoms with Crippen LogP contribution >= 0.6 is 11.6 Å². The number of rotatable bonds is 7. The Hall–Kier alpha value is -1.77. The number of urea groups is 1.